The molecule has 19 heavy (non-hydrogen) atoms. The molecule has 0 fully saturated rings. The van der Waals surface area contributed by atoms with Gasteiger partial charge in [-0.1, -0.05) is 57.3 Å². The predicted octanol–water partition coefficient (Wildman–Crippen LogP) is 4.90. The van der Waals surface area contributed by atoms with Crippen molar-refractivity contribution in [3.63, 3.8) is 0 Å². The van der Waals surface area contributed by atoms with E-state index in [1.54, 1.807) is 6.07 Å². The molecule has 0 saturated carbocycles. The van der Waals surface area contributed by atoms with E-state index in [0.29, 0.717) is 10.0 Å². The molecule has 0 saturated heterocycles. The van der Waals surface area contributed by atoms with Crippen LogP contribution in [-0.2, 0) is 0 Å². The Morgan fingerprint density at radius 1 is 1.16 bits per heavy atom. The van der Waals surface area contributed by atoms with E-state index < -0.39 is 0 Å². The summed E-state index contributed by atoms with van der Waals surface area (Å²) in [6.45, 7) is -0.0768. The van der Waals surface area contributed by atoms with Crippen LogP contribution in [0.2, 0.25) is 10.0 Å². The Morgan fingerprint density at radius 2 is 1.89 bits per heavy atom. The fraction of sp³-hybridized carbons (Fsp3) is 0.143. The molecule has 100 valence electrons. The van der Waals surface area contributed by atoms with Gasteiger partial charge in [-0.25, -0.2) is 0 Å². The topological polar surface area (TPSA) is 32.3 Å². The lowest BCUT2D eigenvalue weighted by Crippen LogP contribution is -2.15. The van der Waals surface area contributed by atoms with Gasteiger partial charge in [0.2, 0.25) is 0 Å². The third-order valence-electron chi connectivity index (χ3n) is 2.70. The first kappa shape index (κ1) is 14.7. The van der Waals surface area contributed by atoms with E-state index in [4.69, 9.17) is 23.2 Å². The van der Waals surface area contributed by atoms with Crippen LogP contribution in [0.3, 0.4) is 0 Å². The van der Waals surface area contributed by atoms with Crippen molar-refractivity contribution in [3.8, 4) is 0 Å². The second-order valence-electron chi connectivity index (χ2n) is 4.03. The Labute approximate surface area is 130 Å². The smallest absolute Gasteiger partial charge is 0.0759 e. The first-order chi connectivity index (χ1) is 9.11. The first-order valence-electron chi connectivity index (χ1n) is 5.68. The van der Waals surface area contributed by atoms with Crippen LogP contribution in [0.4, 0.5) is 5.69 Å². The summed E-state index contributed by atoms with van der Waals surface area (Å²) in [6.07, 6.45) is 0. The first-order valence-corrected chi connectivity index (χ1v) is 7.23. The summed E-state index contributed by atoms with van der Waals surface area (Å²) in [7, 11) is 0. The van der Waals surface area contributed by atoms with Crippen LogP contribution < -0.4 is 5.32 Å². The molecule has 0 aromatic heterocycles. The molecule has 2 aromatic carbocycles. The highest BCUT2D eigenvalue weighted by Crippen LogP contribution is 2.31. The van der Waals surface area contributed by atoms with Crippen molar-refractivity contribution in [2.75, 3.05) is 11.9 Å². The van der Waals surface area contributed by atoms with Gasteiger partial charge in [0.1, 0.15) is 0 Å². The zero-order valence-electron chi connectivity index (χ0n) is 9.91. The van der Waals surface area contributed by atoms with Gasteiger partial charge >= 0.3 is 0 Å². The number of nitrogens with one attached hydrogen (secondary N) is 1. The standard InChI is InChI=1S/C14H12BrCl2NO/c15-9-3-1-4-10(7-9)18-13(8-19)11-5-2-6-12(16)14(11)17/h1-7,13,18-19H,8H2. The summed E-state index contributed by atoms with van der Waals surface area (Å²) < 4.78 is 0.964. The monoisotopic (exact) mass is 359 g/mol. The zero-order valence-corrected chi connectivity index (χ0v) is 13.0. The zero-order chi connectivity index (χ0) is 13.8. The van der Waals surface area contributed by atoms with Crippen LogP contribution in [0.5, 0.6) is 0 Å². The highest BCUT2D eigenvalue weighted by molar-refractivity contribution is 9.10. The SMILES string of the molecule is OCC(Nc1cccc(Br)c1)c1cccc(Cl)c1Cl. The molecule has 1 atom stereocenters. The molecular formula is C14H12BrCl2NO. The van der Waals surface area contributed by atoms with Crippen molar-refractivity contribution in [2.24, 2.45) is 0 Å². The molecule has 2 rings (SSSR count). The Balaban J connectivity index is 2.28. The van der Waals surface area contributed by atoms with Crippen molar-refractivity contribution in [3.05, 3.63) is 62.5 Å². The van der Waals surface area contributed by atoms with Crippen LogP contribution in [0.15, 0.2) is 46.9 Å². The minimum Gasteiger partial charge on any atom is -0.394 e. The molecule has 5 heteroatoms. The maximum atomic E-state index is 9.55. The van der Waals surface area contributed by atoms with E-state index in [2.05, 4.69) is 21.2 Å². The summed E-state index contributed by atoms with van der Waals surface area (Å²) >= 11 is 15.6. The third kappa shape index (κ3) is 3.63. The lowest BCUT2D eigenvalue weighted by molar-refractivity contribution is 0.276. The van der Waals surface area contributed by atoms with Gasteiger partial charge in [-0.05, 0) is 29.8 Å². The second kappa shape index (κ2) is 6.62. The van der Waals surface area contributed by atoms with E-state index in [1.165, 1.54) is 0 Å². The minimum atomic E-state index is -0.305. The van der Waals surface area contributed by atoms with Gasteiger partial charge in [-0.3, -0.25) is 0 Å². The third-order valence-corrected chi connectivity index (χ3v) is 4.03. The van der Waals surface area contributed by atoms with E-state index in [-0.39, 0.29) is 12.6 Å². The molecule has 0 bridgehead atoms. The second-order valence-corrected chi connectivity index (χ2v) is 5.73. The van der Waals surface area contributed by atoms with E-state index >= 15 is 0 Å². The molecule has 0 heterocycles. The van der Waals surface area contributed by atoms with Crippen molar-refractivity contribution in [1.82, 2.24) is 0 Å². The average molecular weight is 361 g/mol. The molecule has 0 aliphatic heterocycles. The maximum absolute atomic E-state index is 9.55. The molecule has 1 unspecified atom stereocenters. The Kier molecular flexibility index (Phi) is 5.11. The van der Waals surface area contributed by atoms with Crippen LogP contribution in [0.1, 0.15) is 11.6 Å². The summed E-state index contributed by atoms with van der Waals surface area (Å²) in [5.41, 5.74) is 1.67. The minimum absolute atomic E-state index is 0.0768. The lowest BCUT2D eigenvalue weighted by Gasteiger charge is -2.19. The fourth-order valence-electron chi connectivity index (χ4n) is 1.79. The number of benzene rings is 2. The molecule has 2 aromatic rings. The number of hydrogen-bond acceptors (Lipinski definition) is 2. The molecular weight excluding hydrogens is 349 g/mol. The van der Waals surface area contributed by atoms with Crippen LogP contribution in [0, 0.1) is 0 Å². The number of hydrogen-bond donors (Lipinski definition) is 2. The summed E-state index contributed by atoms with van der Waals surface area (Å²) in [6, 6.07) is 12.8. The highest BCUT2D eigenvalue weighted by atomic mass is 79.9. The Bertz CT molecular complexity index is 577. The van der Waals surface area contributed by atoms with Gasteiger partial charge in [0.25, 0.3) is 0 Å². The van der Waals surface area contributed by atoms with Gasteiger partial charge in [-0.2, -0.15) is 0 Å². The predicted molar refractivity (Wildman–Crippen MR) is 84.1 cm³/mol. The van der Waals surface area contributed by atoms with Gasteiger partial charge in [0, 0.05) is 10.2 Å². The van der Waals surface area contributed by atoms with E-state index in [1.807, 2.05) is 36.4 Å². The van der Waals surface area contributed by atoms with Crippen molar-refractivity contribution < 1.29 is 5.11 Å². The number of aliphatic hydroxyl groups is 1. The molecule has 0 aliphatic carbocycles. The summed E-state index contributed by atoms with van der Waals surface area (Å²) in [5.74, 6) is 0. The largest absolute Gasteiger partial charge is 0.394 e. The van der Waals surface area contributed by atoms with Crippen molar-refractivity contribution in [1.29, 1.82) is 0 Å². The van der Waals surface area contributed by atoms with Gasteiger partial charge in [-0.15, -0.1) is 0 Å². The van der Waals surface area contributed by atoms with Gasteiger partial charge < -0.3 is 10.4 Å². The molecule has 2 N–H and O–H groups in total. The highest BCUT2D eigenvalue weighted by Gasteiger charge is 2.15. The fourth-order valence-corrected chi connectivity index (χ4v) is 2.63. The van der Waals surface area contributed by atoms with Crippen LogP contribution >= 0.6 is 39.1 Å². The maximum Gasteiger partial charge on any atom is 0.0759 e. The quantitative estimate of drug-likeness (QED) is 0.812. The number of halogens is 3. The van der Waals surface area contributed by atoms with Crippen LogP contribution in [-0.4, -0.2) is 11.7 Å². The normalized spacial score (nSPS) is 12.2. The average Bonchev–Trinajstić information content (AvgIpc) is 2.40. The lowest BCUT2D eigenvalue weighted by atomic mass is 10.1. The van der Waals surface area contributed by atoms with Crippen LogP contribution in [0.25, 0.3) is 0 Å². The summed E-state index contributed by atoms with van der Waals surface area (Å²) in [5, 5.41) is 13.7. The van der Waals surface area contributed by atoms with E-state index in [9.17, 15) is 5.11 Å². The Morgan fingerprint density at radius 3 is 2.58 bits per heavy atom. The number of aliphatic hydroxyl groups excluding tert-OH is 1. The van der Waals surface area contributed by atoms with Gasteiger partial charge in [0.15, 0.2) is 0 Å². The van der Waals surface area contributed by atoms with Gasteiger partial charge in [0.05, 0.1) is 22.7 Å². The van der Waals surface area contributed by atoms with Crippen molar-refractivity contribution in [2.45, 2.75) is 6.04 Å². The van der Waals surface area contributed by atoms with E-state index in [0.717, 1.165) is 15.7 Å². The molecule has 0 amide bonds. The molecule has 0 spiro atoms. The number of anilines is 1. The van der Waals surface area contributed by atoms with Crippen molar-refractivity contribution >= 4 is 44.8 Å². The molecule has 0 radical (unpaired) electrons. The molecule has 0 aliphatic rings. The number of rotatable bonds is 4. The molecule has 2 nitrogen and oxygen atoms in total. The Hall–Kier alpha value is -0.740. The summed E-state index contributed by atoms with van der Waals surface area (Å²) in [4.78, 5) is 0.